The van der Waals surface area contributed by atoms with Gasteiger partial charge in [0, 0.05) is 13.1 Å². The Hall–Kier alpha value is -0.610. The van der Waals surface area contributed by atoms with Gasteiger partial charge in [-0.3, -0.25) is 4.79 Å². The van der Waals surface area contributed by atoms with Gasteiger partial charge in [0.15, 0.2) is 0 Å². The number of aliphatic hydroxyl groups is 1. The van der Waals surface area contributed by atoms with E-state index in [0.29, 0.717) is 19.5 Å². The number of nitrogens with two attached hydrogens (primary N) is 1. The highest BCUT2D eigenvalue weighted by Crippen LogP contribution is 2.21. The number of aliphatic hydroxyl groups excluding tert-OH is 1. The average molecular weight is 200 g/mol. The Kier molecular flexibility index (Phi) is 3.17. The third kappa shape index (κ3) is 2.45. The molecule has 0 aromatic carbocycles. The number of hydrogen-bond acceptors (Lipinski definition) is 3. The van der Waals surface area contributed by atoms with Crippen LogP contribution in [0.2, 0.25) is 0 Å². The maximum atomic E-state index is 11.8. The molecule has 1 fully saturated rings. The van der Waals surface area contributed by atoms with E-state index in [1.807, 2.05) is 20.8 Å². The normalized spacial score (nSPS) is 25.2. The van der Waals surface area contributed by atoms with Crippen molar-refractivity contribution in [2.75, 3.05) is 13.1 Å². The van der Waals surface area contributed by atoms with Gasteiger partial charge in [-0.05, 0) is 11.8 Å². The van der Waals surface area contributed by atoms with Gasteiger partial charge in [0.1, 0.15) is 0 Å². The average Bonchev–Trinajstić information content (AvgIpc) is 2.47. The van der Waals surface area contributed by atoms with E-state index in [1.165, 1.54) is 0 Å². The molecule has 14 heavy (non-hydrogen) atoms. The number of hydrogen-bond donors (Lipinski definition) is 2. The van der Waals surface area contributed by atoms with Crippen molar-refractivity contribution in [1.29, 1.82) is 0 Å². The van der Waals surface area contributed by atoms with E-state index in [9.17, 15) is 9.90 Å². The smallest absolute Gasteiger partial charge is 0.240 e. The van der Waals surface area contributed by atoms with Crippen molar-refractivity contribution in [2.45, 2.75) is 39.3 Å². The fourth-order valence-electron chi connectivity index (χ4n) is 1.51. The summed E-state index contributed by atoms with van der Waals surface area (Å²) in [6, 6.07) is -0.479. The number of amides is 1. The number of likely N-dealkylation sites (tertiary alicyclic amines) is 1. The first-order valence-electron chi connectivity index (χ1n) is 5.05. The molecule has 1 amide bonds. The number of β-amino-alcohol motifs (C(OH)–C–C–N with tert-alkyl or cyclic N) is 1. The first-order valence-corrected chi connectivity index (χ1v) is 5.05. The Morgan fingerprint density at radius 1 is 1.57 bits per heavy atom. The van der Waals surface area contributed by atoms with Gasteiger partial charge in [0.25, 0.3) is 0 Å². The molecule has 82 valence electrons. The molecular formula is C10H20N2O2. The highest BCUT2D eigenvalue weighted by Gasteiger charge is 2.34. The van der Waals surface area contributed by atoms with Crippen LogP contribution in [0.15, 0.2) is 0 Å². The van der Waals surface area contributed by atoms with Crippen LogP contribution in [0.5, 0.6) is 0 Å². The van der Waals surface area contributed by atoms with Crippen LogP contribution in [-0.4, -0.2) is 41.1 Å². The molecule has 0 aromatic rings. The SMILES string of the molecule is CC(C)(C)[C@@H](N)C(=O)N1CCC(O)C1. The lowest BCUT2D eigenvalue weighted by atomic mass is 9.86. The summed E-state index contributed by atoms with van der Waals surface area (Å²) >= 11 is 0. The van der Waals surface area contributed by atoms with Crippen LogP contribution in [0, 0.1) is 5.41 Å². The topological polar surface area (TPSA) is 66.6 Å². The Morgan fingerprint density at radius 3 is 2.50 bits per heavy atom. The van der Waals surface area contributed by atoms with Gasteiger partial charge < -0.3 is 15.7 Å². The molecule has 1 aliphatic heterocycles. The van der Waals surface area contributed by atoms with Crippen LogP contribution in [0.4, 0.5) is 0 Å². The Morgan fingerprint density at radius 2 is 2.14 bits per heavy atom. The van der Waals surface area contributed by atoms with E-state index >= 15 is 0 Å². The zero-order valence-electron chi connectivity index (χ0n) is 9.16. The quantitative estimate of drug-likeness (QED) is 0.624. The molecule has 3 N–H and O–H groups in total. The second-order valence-corrected chi connectivity index (χ2v) is 5.07. The molecule has 1 aliphatic rings. The molecule has 1 saturated heterocycles. The van der Waals surface area contributed by atoms with Gasteiger partial charge in [-0.2, -0.15) is 0 Å². The minimum atomic E-state index is -0.479. The molecule has 1 heterocycles. The van der Waals surface area contributed by atoms with Crippen molar-refractivity contribution < 1.29 is 9.90 Å². The molecule has 0 radical (unpaired) electrons. The largest absolute Gasteiger partial charge is 0.391 e. The summed E-state index contributed by atoms with van der Waals surface area (Å²) in [4.78, 5) is 13.5. The number of rotatable bonds is 1. The van der Waals surface area contributed by atoms with E-state index < -0.39 is 6.04 Å². The van der Waals surface area contributed by atoms with Crippen molar-refractivity contribution >= 4 is 5.91 Å². The number of nitrogens with zero attached hydrogens (tertiary/aromatic N) is 1. The highest BCUT2D eigenvalue weighted by atomic mass is 16.3. The molecule has 2 atom stereocenters. The lowest BCUT2D eigenvalue weighted by Gasteiger charge is -2.29. The van der Waals surface area contributed by atoms with E-state index in [4.69, 9.17) is 5.73 Å². The first kappa shape index (κ1) is 11.5. The second kappa shape index (κ2) is 3.87. The Labute approximate surface area is 85.1 Å². The fourth-order valence-corrected chi connectivity index (χ4v) is 1.51. The molecule has 4 heteroatoms. The number of carbonyl (C=O) groups excluding carboxylic acids is 1. The molecule has 0 aliphatic carbocycles. The fraction of sp³-hybridized carbons (Fsp3) is 0.900. The van der Waals surface area contributed by atoms with E-state index in [0.717, 1.165) is 0 Å². The highest BCUT2D eigenvalue weighted by molar-refractivity contribution is 5.82. The molecule has 1 unspecified atom stereocenters. The summed E-state index contributed by atoms with van der Waals surface area (Å²) in [5.41, 5.74) is 5.63. The third-order valence-electron chi connectivity index (χ3n) is 2.67. The van der Waals surface area contributed by atoms with Gasteiger partial charge in [0.05, 0.1) is 12.1 Å². The van der Waals surface area contributed by atoms with Gasteiger partial charge in [-0.25, -0.2) is 0 Å². The predicted molar refractivity (Wildman–Crippen MR) is 54.6 cm³/mol. The number of carbonyl (C=O) groups is 1. The van der Waals surface area contributed by atoms with Crippen molar-refractivity contribution in [3.63, 3.8) is 0 Å². The molecule has 0 bridgehead atoms. The van der Waals surface area contributed by atoms with E-state index in [-0.39, 0.29) is 17.4 Å². The van der Waals surface area contributed by atoms with Crippen LogP contribution >= 0.6 is 0 Å². The van der Waals surface area contributed by atoms with Crippen LogP contribution in [0.3, 0.4) is 0 Å². The second-order valence-electron chi connectivity index (χ2n) is 5.07. The van der Waals surface area contributed by atoms with Gasteiger partial charge >= 0.3 is 0 Å². The molecule has 4 nitrogen and oxygen atoms in total. The lowest BCUT2D eigenvalue weighted by Crippen LogP contribution is -2.49. The summed E-state index contributed by atoms with van der Waals surface area (Å²) in [5.74, 6) is -0.0472. The maximum absolute atomic E-state index is 11.8. The van der Waals surface area contributed by atoms with Crippen molar-refractivity contribution in [1.82, 2.24) is 4.90 Å². The monoisotopic (exact) mass is 200 g/mol. The van der Waals surface area contributed by atoms with Gasteiger partial charge in [-0.15, -0.1) is 0 Å². The molecule has 0 saturated carbocycles. The summed E-state index contributed by atoms with van der Waals surface area (Å²) in [6.45, 7) is 6.90. The molecule has 0 spiro atoms. The summed E-state index contributed by atoms with van der Waals surface area (Å²) in [5, 5.41) is 9.30. The predicted octanol–water partition coefficient (Wildman–Crippen LogP) is -0.0470. The van der Waals surface area contributed by atoms with Crippen molar-refractivity contribution in [3.05, 3.63) is 0 Å². The Bertz CT molecular complexity index is 223. The zero-order valence-corrected chi connectivity index (χ0v) is 9.16. The lowest BCUT2D eigenvalue weighted by molar-refractivity contribution is -0.134. The Balaban J connectivity index is 2.57. The molecular weight excluding hydrogens is 180 g/mol. The van der Waals surface area contributed by atoms with Gasteiger partial charge in [-0.1, -0.05) is 20.8 Å². The minimum Gasteiger partial charge on any atom is -0.391 e. The van der Waals surface area contributed by atoms with Crippen LogP contribution in [-0.2, 0) is 4.79 Å². The summed E-state index contributed by atoms with van der Waals surface area (Å²) < 4.78 is 0. The minimum absolute atomic E-state index is 0.0472. The maximum Gasteiger partial charge on any atom is 0.240 e. The van der Waals surface area contributed by atoms with Crippen molar-refractivity contribution in [2.24, 2.45) is 11.1 Å². The molecule has 0 aromatic heterocycles. The summed E-state index contributed by atoms with van der Waals surface area (Å²) in [7, 11) is 0. The van der Waals surface area contributed by atoms with Gasteiger partial charge in [0.2, 0.25) is 5.91 Å². The van der Waals surface area contributed by atoms with Crippen LogP contribution in [0.1, 0.15) is 27.2 Å². The zero-order chi connectivity index (χ0) is 10.9. The van der Waals surface area contributed by atoms with Crippen LogP contribution < -0.4 is 5.73 Å². The van der Waals surface area contributed by atoms with E-state index in [2.05, 4.69) is 0 Å². The molecule has 1 rings (SSSR count). The summed E-state index contributed by atoms with van der Waals surface area (Å²) in [6.07, 6.45) is 0.300. The van der Waals surface area contributed by atoms with Crippen LogP contribution in [0.25, 0.3) is 0 Å². The standard InChI is InChI=1S/C10H20N2O2/c1-10(2,3)8(11)9(14)12-5-4-7(13)6-12/h7-8,13H,4-6,11H2,1-3H3/t7?,8-/m0/s1. The van der Waals surface area contributed by atoms with E-state index in [1.54, 1.807) is 4.90 Å². The van der Waals surface area contributed by atoms with Crippen molar-refractivity contribution in [3.8, 4) is 0 Å². The third-order valence-corrected chi connectivity index (χ3v) is 2.67. The first-order chi connectivity index (χ1) is 6.32.